The number of aromatic nitrogens is 6. The fourth-order valence-corrected chi connectivity index (χ4v) is 12.5. The molecule has 4 aromatic heterocycles. The number of pyridine rings is 1. The summed E-state index contributed by atoms with van der Waals surface area (Å²) in [7, 11) is -0.841. The molecule has 340 valence electrons. The smallest absolute Gasteiger partial charge is 0.386 e. The lowest BCUT2D eigenvalue weighted by Gasteiger charge is -2.35. The van der Waals surface area contributed by atoms with Gasteiger partial charge in [0.15, 0.2) is 5.82 Å². The molecule has 0 bridgehead atoms. The third-order valence-corrected chi connectivity index (χ3v) is 17.7. The molecule has 3 atom stereocenters. The molecule has 0 radical (unpaired) electrons. The number of fused-ring (bicyclic) bond motifs is 2. The van der Waals surface area contributed by atoms with Gasteiger partial charge in [0.2, 0.25) is 0 Å². The zero-order chi connectivity index (χ0) is 45.5. The van der Waals surface area contributed by atoms with E-state index in [0.717, 1.165) is 65.4 Å². The summed E-state index contributed by atoms with van der Waals surface area (Å²) in [4.78, 5) is 41.7. The van der Waals surface area contributed by atoms with E-state index in [-0.39, 0.29) is 17.6 Å². The number of hydrogen-bond acceptors (Lipinski definition) is 11. The summed E-state index contributed by atoms with van der Waals surface area (Å²) in [5, 5.41) is 13.6. The van der Waals surface area contributed by atoms with E-state index in [1.807, 2.05) is 74.1 Å². The Labute approximate surface area is 377 Å². The molecule has 15 nitrogen and oxygen atoms in total. The molecule has 0 spiro atoms. The van der Waals surface area contributed by atoms with E-state index in [4.69, 9.17) is 19.3 Å². The summed E-state index contributed by atoms with van der Waals surface area (Å²) in [5.74, 6) is 0.539. The van der Waals surface area contributed by atoms with E-state index in [1.54, 1.807) is 20.0 Å². The van der Waals surface area contributed by atoms with Gasteiger partial charge in [-0.05, 0) is 105 Å². The standard InChI is InChI=1S/C48H56FN10O5P/c1-8-65(62,9-2)43-38(50-7)24-36(26-51-43)55-16-17-56(27-55)44-41-31(6)57(15-12-37(41)53-59(44)35-20-28(3)42(49)29(4)21-35)45(60)40-23-34-22-33(32-13-18-63-19-14-32)10-11-39(34)58(40)48(25-30(48)5)46-52-47(61)64-54-46/h10-11,16-17,20-24,26,30-32,50H,8-9,12-15,18-19,25,27H2,1-7H3,(H,52,54,61)/t30-,31-,48-/m0/s1. The Morgan fingerprint density at radius 1 is 1.02 bits per heavy atom. The molecule has 1 saturated carbocycles. The van der Waals surface area contributed by atoms with Crippen LogP contribution in [0.5, 0.6) is 0 Å². The molecule has 2 fully saturated rings. The van der Waals surface area contributed by atoms with Crippen LogP contribution in [0.3, 0.4) is 0 Å². The van der Waals surface area contributed by atoms with Crippen molar-refractivity contribution in [3.63, 3.8) is 0 Å². The average molecular weight is 903 g/mol. The normalized spacial score (nSPS) is 21.1. The molecule has 17 heteroatoms. The van der Waals surface area contributed by atoms with Crippen molar-refractivity contribution in [3.8, 4) is 5.69 Å². The first kappa shape index (κ1) is 42.9. The van der Waals surface area contributed by atoms with Gasteiger partial charge < -0.3 is 33.9 Å². The van der Waals surface area contributed by atoms with Crippen molar-refractivity contribution in [1.29, 1.82) is 0 Å². The summed E-state index contributed by atoms with van der Waals surface area (Å²) >= 11 is 0. The summed E-state index contributed by atoms with van der Waals surface area (Å²) in [6, 6.07) is 13.7. The Balaban J connectivity index is 1.06. The van der Waals surface area contributed by atoms with E-state index in [2.05, 4.69) is 54.9 Å². The average Bonchev–Trinajstić information content (AvgIpc) is 3.89. The number of amides is 1. The van der Waals surface area contributed by atoms with Gasteiger partial charge in [-0.3, -0.25) is 14.3 Å². The van der Waals surface area contributed by atoms with Crippen LogP contribution in [0.4, 0.5) is 21.6 Å². The van der Waals surface area contributed by atoms with Gasteiger partial charge in [-0.15, -0.1) is 0 Å². The molecule has 4 aliphatic rings. The van der Waals surface area contributed by atoms with Crippen molar-refractivity contribution < 1.29 is 23.0 Å². The molecule has 1 amide bonds. The number of ether oxygens (including phenoxy) is 1. The number of rotatable bonds is 11. The molecule has 10 rings (SSSR count). The van der Waals surface area contributed by atoms with Crippen LogP contribution in [-0.2, 0) is 21.3 Å². The van der Waals surface area contributed by atoms with E-state index in [9.17, 15) is 9.36 Å². The van der Waals surface area contributed by atoms with Gasteiger partial charge in [0.25, 0.3) is 5.91 Å². The molecule has 2 aromatic carbocycles. The predicted molar refractivity (Wildman–Crippen MR) is 250 cm³/mol. The second-order valence-corrected chi connectivity index (χ2v) is 21.6. The zero-order valence-corrected chi connectivity index (χ0v) is 38.9. The summed E-state index contributed by atoms with van der Waals surface area (Å²) in [6.45, 7) is 13.8. The summed E-state index contributed by atoms with van der Waals surface area (Å²) in [5.41, 5.74) is 7.47. The second-order valence-electron chi connectivity index (χ2n) is 18.2. The van der Waals surface area contributed by atoms with Crippen LogP contribution in [0, 0.1) is 25.6 Å². The van der Waals surface area contributed by atoms with Crippen LogP contribution in [0.2, 0.25) is 0 Å². The number of nitrogens with one attached hydrogen (secondary N) is 2. The SMILES string of the molecule is CCP(=O)(CC)c1ncc(N2C=CN(c3c4c(nn3-c3cc(C)c(F)c(C)c3)CCN(C(=O)c3cc5cc(C6CCOCC6)ccc5n3[C@@]3(c5noc(=O)[nH]5)C[C@@H]3C)[C@H]4C)C2)cc1NC. The maximum absolute atomic E-state index is 15.5. The number of carbonyl (C=O) groups is 1. The minimum Gasteiger partial charge on any atom is -0.386 e. The van der Waals surface area contributed by atoms with Crippen LogP contribution in [0.1, 0.15) is 103 Å². The molecular formula is C48H56FN10O5P. The number of anilines is 3. The maximum Gasteiger partial charge on any atom is 0.438 e. The van der Waals surface area contributed by atoms with E-state index >= 15 is 9.18 Å². The monoisotopic (exact) mass is 902 g/mol. The maximum atomic E-state index is 15.5. The number of aromatic amines is 1. The Morgan fingerprint density at radius 2 is 1.74 bits per heavy atom. The Hall–Kier alpha value is -5.99. The van der Waals surface area contributed by atoms with Crippen molar-refractivity contribution in [2.75, 3.05) is 60.9 Å². The summed E-state index contributed by atoms with van der Waals surface area (Å²) in [6.07, 6.45) is 9.83. The number of nitrogens with zero attached hydrogens (tertiary/aromatic N) is 8. The minimum atomic E-state index is -2.66. The number of hydrogen-bond donors (Lipinski definition) is 2. The Morgan fingerprint density at radius 3 is 2.40 bits per heavy atom. The van der Waals surface area contributed by atoms with Gasteiger partial charge in [-0.2, -0.15) is 5.10 Å². The van der Waals surface area contributed by atoms with Gasteiger partial charge in [-0.25, -0.2) is 18.9 Å². The van der Waals surface area contributed by atoms with Crippen LogP contribution >= 0.6 is 7.14 Å². The van der Waals surface area contributed by atoms with Crippen LogP contribution < -0.4 is 26.3 Å². The van der Waals surface area contributed by atoms with Gasteiger partial charge >= 0.3 is 5.76 Å². The van der Waals surface area contributed by atoms with E-state index in [1.165, 1.54) is 5.56 Å². The molecule has 65 heavy (non-hydrogen) atoms. The minimum absolute atomic E-state index is 0.0571. The van der Waals surface area contributed by atoms with Crippen molar-refractivity contribution >= 4 is 46.6 Å². The molecule has 6 aromatic rings. The van der Waals surface area contributed by atoms with E-state index in [0.29, 0.717) is 78.1 Å². The highest BCUT2D eigenvalue weighted by molar-refractivity contribution is 7.71. The zero-order valence-electron chi connectivity index (χ0n) is 38.0. The van der Waals surface area contributed by atoms with Gasteiger partial charge in [0.1, 0.15) is 42.1 Å². The van der Waals surface area contributed by atoms with Crippen molar-refractivity contribution in [2.45, 2.75) is 84.7 Å². The molecule has 0 unspecified atom stereocenters. The van der Waals surface area contributed by atoms with Crippen LogP contribution in [0.15, 0.2) is 70.4 Å². The summed E-state index contributed by atoms with van der Waals surface area (Å²) < 4.78 is 43.7. The van der Waals surface area contributed by atoms with Crippen molar-refractivity contribution in [3.05, 3.63) is 117 Å². The largest absolute Gasteiger partial charge is 0.438 e. The van der Waals surface area contributed by atoms with Gasteiger partial charge in [0.05, 0.1) is 35.0 Å². The highest BCUT2D eigenvalue weighted by Crippen LogP contribution is 2.56. The molecule has 1 aliphatic carbocycles. The lowest BCUT2D eigenvalue weighted by Crippen LogP contribution is -2.41. The highest BCUT2D eigenvalue weighted by atomic mass is 31.2. The molecule has 2 N–H and O–H groups in total. The first-order chi connectivity index (χ1) is 31.3. The lowest BCUT2D eigenvalue weighted by molar-refractivity contribution is 0.0664. The van der Waals surface area contributed by atoms with Gasteiger partial charge in [0, 0.05) is 74.4 Å². The quantitative estimate of drug-likeness (QED) is 0.122. The third-order valence-electron chi connectivity index (χ3n) is 14.5. The number of halogens is 1. The van der Waals surface area contributed by atoms with Crippen molar-refractivity contribution in [2.24, 2.45) is 5.92 Å². The molecule has 7 heterocycles. The molecule has 1 saturated heterocycles. The molecule has 3 aliphatic heterocycles. The predicted octanol–water partition coefficient (Wildman–Crippen LogP) is 7.92. The highest BCUT2D eigenvalue weighted by Gasteiger charge is 2.59. The lowest BCUT2D eigenvalue weighted by atomic mass is 9.91. The molecular weight excluding hydrogens is 847 g/mol. The topological polar surface area (TPSA) is 160 Å². The van der Waals surface area contributed by atoms with Crippen molar-refractivity contribution in [1.82, 2.24) is 34.4 Å². The number of H-pyrrole nitrogens is 1. The van der Waals surface area contributed by atoms with Gasteiger partial charge in [-0.1, -0.05) is 32.0 Å². The van der Waals surface area contributed by atoms with E-state index < -0.39 is 24.5 Å². The Bertz CT molecular complexity index is 2970. The second kappa shape index (κ2) is 16.2. The van der Waals surface area contributed by atoms with Crippen LogP contribution in [0.25, 0.3) is 16.6 Å². The third kappa shape index (κ3) is 6.93. The van der Waals surface area contributed by atoms with Crippen LogP contribution in [-0.4, -0.2) is 86.1 Å². The number of carbonyl (C=O) groups excluding carboxylic acids is 1. The number of aryl methyl sites for hydroxylation is 2. The fraction of sp³-hybridized carbons (Fsp3) is 0.438. The fourth-order valence-electron chi connectivity index (χ4n) is 10.6. The first-order valence-corrected chi connectivity index (χ1v) is 24.9. The first-order valence-electron chi connectivity index (χ1n) is 22.8. The number of benzene rings is 2. The Kier molecular flexibility index (Phi) is 10.7.